The molecule has 0 aliphatic heterocycles. The molecule has 3 rings (SSSR count). The Morgan fingerprint density at radius 3 is 2.62 bits per heavy atom. The first-order valence-corrected chi connectivity index (χ1v) is 10.5. The second-order valence-electron chi connectivity index (χ2n) is 5.70. The molecule has 1 amide bonds. The zero-order valence-electron chi connectivity index (χ0n) is 14.9. The van der Waals surface area contributed by atoms with Gasteiger partial charge >= 0.3 is 0 Å². The minimum atomic E-state index is -3.85. The van der Waals surface area contributed by atoms with E-state index in [0.29, 0.717) is 11.4 Å². The van der Waals surface area contributed by atoms with Gasteiger partial charge in [-0.05, 0) is 31.2 Å². The number of rotatable bonds is 7. The van der Waals surface area contributed by atoms with Crippen LogP contribution in [-0.2, 0) is 14.8 Å². The van der Waals surface area contributed by atoms with Gasteiger partial charge in [0.25, 0.3) is 15.6 Å². The van der Waals surface area contributed by atoms with E-state index in [-0.39, 0.29) is 21.6 Å². The van der Waals surface area contributed by atoms with Crippen molar-refractivity contribution < 1.29 is 22.8 Å². The van der Waals surface area contributed by atoms with Crippen molar-refractivity contribution in [1.82, 2.24) is 15.1 Å². The number of hydrogen-bond acceptors (Lipinski definition) is 9. The van der Waals surface area contributed by atoms with Crippen molar-refractivity contribution in [2.75, 3.05) is 15.8 Å². The molecule has 152 valence electrons. The van der Waals surface area contributed by atoms with Crippen LogP contribution in [0.1, 0.15) is 5.76 Å². The van der Waals surface area contributed by atoms with Gasteiger partial charge in [0.05, 0.1) is 16.7 Å². The first-order valence-electron chi connectivity index (χ1n) is 8.00. The lowest BCUT2D eigenvalue weighted by Crippen LogP contribution is -2.16. The van der Waals surface area contributed by atoms with E-state index in [1.54, 1.807) is 6.92 Å². The summed E-state index contributed by atoms with van der Waals surface area (Å²) in [5.74, 6) is -0.408. The average Bonchev–Trinajstić information content (AvgIpc) is 3.04. The number of thioether (sulfide) groups is 1. The molecule has 0 atom stereocenters. The van der Waals surface area contributed by atoms with Crippen LogP contribution in [0.3, 0.4) is 0 Å². The number of amides is 1. The molecule has 0 saturated carbocycles. The van der Waals surface area contributed by atoms with E-state index >= 15 is 0 Å². The third-order valence-electron chi connectivity index (χ3n) is 3.36. The lowest BCUT2D eigenvalue weighted by Gasteiger charge is -2.08. The average molecular weight is 437 g/mol. The molecular formula is C16H15N5O6S2. The number of benzene rings is 1. The number of nitrogens with zero attached hydrogens (tertiary/aromatic N) is 2. The SMILES string of the molecule is Cc1cc(NS(=O)(=O)c2ccc(NC(=O)CSc3nc(O)cc(=O)[nH]3)cc2)no1. The van der Waals surface area contributed by atoms with Gasteiger partial charge in [0.2, 0.25) is 11.8 Å². The van der Waals surface area contributed by atoms with Crippen LogP contribution in [0.25, 0.3) is 0 Å². The summed E-state index contributed by atoms with van der Waals surface area (Å²) in [4.78, 5) is 29.3. The van der Waals surface area contributed by atoms with Crippen molar-refractivity contribution in [3.8, 4) is 5.88 Å². The van der Waals surface area contributed by atoms with Gasteiger partial charge in [0.15, 0.2) is 11.0 Å². The van der Waals surface area contributed by atoms with Crippen LogP contribution in [-0.4, -0.2) is 40.3 Å². The highest BCUT2D eigenvalue weighted by molar-refractivity contribution is 7.99. The summed E-state index contributed by atoms with van der Waals surface area (Å²) in [6, 6.07) is 7.87. The third kappa shape index (κ3) is 5.58. The Morgan fingerprint density at radius 1 is 1.28 bits per heavy atom. The molecule has 0 aliphatic rings. The zero-order valence-corrected chi connectivity index (χ0v) is 16.5. The molecule has 3 aromatic rings. The van der Waals surface area contributed by atoms with E-state index in [1.807, 2.05) is 0 Å². The largest absolute Gasteiger partial charge is 0.493 e. The van der Waals surface area contributed by atoms with Crippen molar-refractivity contribution >= 4 is 39.2 Å². The number of aromatic amines is 1. The van der Waals surface area contributed by atoms with Crippen molar-refractivity contribution in [3.63, 3.8) is 0 Å². The fourth-order valence-electron chi connectivity index (χ4n) is 2.15. The van der Waals surface area contributed by atoms with Crippen LogP contribution in [0.2, 0.25) is 0 Å². The normalized spacial score (nSPS) is 11.2. The smallest absolute Gasteiger partial charge is 0.263 e. The van der Waals surface area contributed by atoms with E-state index in [9.17, 15) is 23.1 Å². The fourth-order valence-corrected chi connectivity index (χ4v) is 3.81. The maximum atomic E-state index is 12.3. The quantitative estimate of drug-likeness (QED) is 0.314. The van der Waals surface area contributed by atoms with Crippen molar-refractivity contribution in [2.24, 2.45) is 0 Å². The number of H-pyrrole nitrogens is 1. The summed E-state index contributed by atoms with van der Waals surface area (Å²) in [6.07, 6.45) is 0. The predicted octanol–water partition coefficient (Wildman–Crippen LogP) is 1.30. The number of aromatic nitrogens is 3. The van der Waals surface area contributed by atoms with Crippen LogP contribution < -0.4 is 15.6 Å². The number of hydrogen-bond donors (Lipinski definition) is 4. The molecular weight excluding hydrogens is 422 g/mol. The van der Waals surface area contributed by atoms with Gasteiger partial charge in [-0.25, -0.2) is 8.42 Å². The summed E-state index contributed by atoms with van der Waals surface area (Å²) >= 11 is 0.926. The molecule has 4 N–H and O–H groups in total. The number of carbonyl (C=O) groups is 1. The second-order valence-corrected chi connectivity index (χ2v) is 8.34. The molecule has 0 radical (unpaired) electrons. The number of nitrogens with one attached hydrogen (secondary N) is 3. The first-order chi connectivity index (χ1) is 13.7. The first kappa shape index (κ1) is 20.4. The molecule has 0 saturated heterocycles. The number of aryl methyl sites for hydroxylation is 1. The maximum Gasteiger partial charge on any atom is 0.263 e. The van der Waals surface area contributed by atoms with Crippen LogP contribution in [0.4, 0.5) is 11.5 Å². The van der Waals surface area contributed by atoms with Crippen molar-refractivity contribution in [1.29, 1.82) is 0 Å². The maximum absolute atomic E-state index is 12.3. The van der Waals surface area contributed by atoms with E-state index in [4.69, 9.17) is 4.52 Å². The molecule has 0 bridgehead atoms. The summed E-state index contributed by atoms with van der Waals surface area (Å²) in [7, 11) is -3.85. The Labute approximate surface area is 168 Å². The van der Waals surface area contributed by atoms with Gasteiger partial charge in [-0.2, -0.15) is 4.98 Å². The van der Waals surface area contributed by atoms with E-state index in [1.165, 1.54) is 30.3 Å². The predicted molar refractivity (Wildman–Crippen MR) is 104 cm³/mol. The Kier molecular flexibility index (Phi) is 5.89. The minimum Gasteiger partial charge on any atom is -0.493 e. The monoisotopic (exact) mass is 437 g/mol. The molecule has 2 aromatic heterocycles. The topological polar surface area (TPSA) is 167 Å². The molecule has 2 heterocycles. The number of carbonyl (C=O) groups excluding carboxylic acids is 1. The zero-order chi connectivity index (χ0) is 21.0. The molecule has 13 heteroatoms. The van der Waals surface area contributed by atoms with E-state index in [2.05, 4.69) is 25.2 Å². The molecule has 0 spiro atoms. The Balaban J connectivity index is 1.59. The molecule has 1 aromatic carbocycles. The number of sulfonamides is 1. The lowest BCUT2D eigenvalue weighted by molar-refractivity contribution is -0.113. The minimum absolute atomic E-state index is 0.0212. The number of aromatic hydroxyl groups is 1. The Morgan fingerprint density at radius 2 is 2.00 bits per heavy atom. The van der Waals surface area contributed by atoms with Gasteiger partial charge < -0.3 is 19.9 Å². The van der Waals surface area contributed by atoms with Crippen LogP contribution >= 0.6 is 11.8 Å². The van der Waals surface area contributed by atoms with Crippen LogP contribution in [0.15, 0.2) is 55.8 Å². The van der Waals surface area contributed by atoms with Gasteiger partial charge in [-0.15, -0.1) is 0 Å². The summed E-state index contributed by atoms with van der Waals surface area (Å²) in [5.41, 5.74) is -0.157. The van der Waals surface area contributed by atoms with Crippen molar-refractivity contribution in [3.05, 3.63) is 52.5 Å². The highest BCUT2D eigenvalue weighted by Crippen LogP contribution is 2.19. The van der Waals surface area contributed by atoms with Crippen LogP contribution in [0, 0.1) is 6.92 Å². The highest BCUT2D eigenvalue weighted by Gasteiger charge is 2.16. The van der Waals surface area contributed by atoms with Gasteiger partial charge in [0, 0.05) is 11.8 Å². The fraction of sp³-hybridized carbons (Fsp3) is 0.125. The summed E-state index contributed by atoms with van der Waals surface area (Å²) in [6.45, 7) is 1.63. The van der Waals surface area contributed by atoms with Crippen molar-refractivity contribution in [2.45, 2.75) is 17.0 Å². The molecule has 0 aliphatic carbocycles. The molecule has 29 heavy (non-hydrogen) atoms. The third-order valence-corrected chi connectivity index (χ3v) is 5.61. The summed E-state index contributed by atoms with van der Waals surface area (Å²) in [5, 5.41) is 15.5. The highest BCUT2D eigenvalue weighted by atomic mass is 32.2. The molecule has 0 fully saturated rings. The van der Waals surface area contributed by atoms with Gasteiger partial charge in [-0.3, -0.25) is 14.3 Å². The Hall–Kier alpha value is -3.32. The lowest BCUT2D eigenvalue weighted by atomic mass is 10.3. The van der Waals surface area contributed by atoms with E-state index in [0.717, 1.165) is 17.8 Å². The van der Waals surface area contributed by atoms with Gasteiger partial charge in [0.1, 0.15) is 5.76 Å². The molecule has 11 nitrogen and oxygen atoms in total. The number of anilines is 2. The van der Waals surface area contributed by atoms with Crippen LogP contribution in [0.5, 0.6) is 5.88 Å². The summed E-state index contributed by atoms with van der Waals surface area (Å²) < 4.78 is 31.7. The van der Waals surface area contributed by atoms with E-state index < -0.39 is 27.4 Å². The molecule has 0 unspecified atom stereocenters. The second kappa shape index (κ2) is 8.36. The standard InChI is InChI=1S/C16H15N5O6S2/c1-9-6-12(20-27-9)21-29(25,26)11-4-2-10(3-5-11)17-15(24)8-28-16-18-13(22)7-14(23)19-16/h2-7H,8H2,1H3,(H,17,24)(H,20,21)(H2,18,19,22,23). The van der Waals surface area contributed by atoms with Gasteiger partial charge in [-0.1, -0.05) is 16.9 Å². The Bertz CT molecular complexity index is 1190.